The number of nitrogens with zero attached hydrogens (tertiary/aromatic N) is 1. The molecular weight excluding hydrogens is 446 g/mol. The van der Waals surface area contributed by atoms with Gasteiger partial charge in [0.25, 0.3) is 21.2 Å². The van der Waals surface area contributed by atoms with E-state index in [0.717, 1.165) is 17.3 Å². The van der Waals surface area contributed by atoms with Crippen molar-refractivity contribution in [1.82, 2.24) is 4.90 Å². The molecule has 0 saturated heterocycles. The van der Waals surface area contributed by atoms with Crippen LogP contribution in [0.4, 0.5) is 16.2 Å². The molecule has 32 heavy (non-hydrogen) atoms. The van der Waals surface area contributed by atoms with Gasteiger partial charge >= 0.3 is 0 Å². The number of thioether (sulfide) groups is 1. The molecule has 0 aliphatic heterocycles. The highest BCUT2D eigenvalue weighted by molar-refractivity contribution is 8.13. The van der Waals surface area contributed by atoms with Gasteiger partial charge in [-0.1, -0.05) is 30.3 Å². The standard InChI is InChI=1S/C23H23N3O4S2/c1-16-8-4-5-9-19(16)25-32(29,30)18-14-12-17(13-15-18)22(27)24-20-10-6-7-11-21(20)31-23(28)26(2)3/h4-15,25H,1-3H3,(H,24,27). The van der Waals surface area contributed by atoms with Crippen LogP contribution in [0.25, 0.3) is 0 Å². The van der Waals surface area contributed by atoms with E-state index in [1.165, 1.54) is 29.2 Å². The molecule has 166 valence electrons. The number of amides is 2. The van der Waals surface area contributed by atoms with Crippen molar-refractivity contribution in [3.63, 3.8) is 0 Å². The number of anilines is 2. The van der Waals surface area contributed by atoms with E-state index in [1.807, 2.05) is 19.1 Å². The molecule has 2 amide bonds. The molecule has 0 heterocycles. The van der Waals surface area contributed by atoms with Crippen LogP contribution in [0.1, 0.15) is 15.9 Å². The summed E-state index contributed by atoms with van der Waals surface area (Å²) in [7, 11) is -0.487. The van der Waals surface area contributed by atoms with E-state index in [1.54, 1.807) is 50.5 Å². The molecule has 0 unspecified atom stereocenters. The van der Waals surface area contributed by atoms with Crippen molar-refractivity contribution in [3.8, 4) is 0 Å². The van der Waals surface area contributed by atoms with Crippen LogP contribution in [0.2, 0.25) is 0 Å². The van der Waals surface area contributed by atoms with Crippen molar-refractivity contribution in [2.45, 2.75) is 16.7 Å². The zero-order valence-electron chi connectivity index (χ0n) is 17.8. The summed E-state index contributed by atoms with van der Waals surface area (Å²) in [6.07, 6.45) is 0. The zero-order chi connectivity index (χ0) is 23.3. The van der Waals surface area contributed by atoms with Gasteiger partial charge in [-0.05, 0) is 66.7 Å². The van der Waals surface area contributed by atoms with Crippen molar-refractivity contribution in [1.29, 1.82) is 0 Å². The summed E-state index contributed by atoms with van der Waals surface area (Å²) >= 11 is 1.01. The lowest BCUT2D eigenvalue weighted by Gasteiger charge is -2.13. The second kappa shape index (κ2) is 9.88. The maximum Gasteiger partial charge on any atom is 0.286 e. The van der Waals surface area contributed by atoms with Gasteiger partial charge in [-0.25, -0.2) is 8.42 Å². The summed E-state index contributed by atoms with van der Waals surface area (Å²) < 4.78 is 27.9. The van der Waals surface area contributed by atoms with Gasteiger partial charge in [0.15, 0.2) is 0 Å². The fraction of sp³-hybridized carbons (Fsp3) is 0.130. The van der Waals surface area contributed by atoms with Crippen LogP contribution < -0.4 is 10.0 Å². The Bertz CT molecular complexity index is 1240. The number of hydrogen-bond donors (Lipinski definition) is 2. The Hall–Kier alpha value is -3.30. The minimum absolute atomic E-state index is 0.0461. The summed E-state index contributed by atoms with van der Waals surface area (Å²) in [5.74, 6) is -0.411. The Labute approximate surface area is 191 Å². The predicted octanol–water partition coefficient (Wildman–Crippen LogP) is 4.82. The van der Waals surface area contributed by atoms with Crippen LogP contribution in [0.15, 0.2) is 82.6 Å². The van der Waals surface area contributed by atoms with Crippen LogP contribution >= 0.6 is 11.8 Å². The van der Waals surface area contributed by atoms with E-state index in [4.69, 9.17) is 0 Å². The van der Waals surface area contributed by atoms with E-state index >= 15 is 0 Å². The SMILES string of the molecule is Cc1ccccc1NS(=O)(=O)c1ccc(C(=O)Nc2ccccc2SC(=O)N(C)C)cc1. The molecule has 3 aromatic rings. The van der Waals surface area contributed by atoms with Crippen LogP contribution in [0.5, 0.6) is 0 Å². The molecule has 0 aliphatic carbocycles. The van der Waals surface area contributed by atoms with Crippen molar-refractivity contribution in [2.24, 2.45) is 0 Å². The number of nitrogens with one attached hydrogen (secondary N) is 2. The first kappa shape index (κ1) is 23.4. The minimum Gasteiger partial charge on any atom is -0.339 e. The van der Waals surface area contributed by atoms with Gasteiger partial charge in [0.05, 0.1) is 16.3 Å². The zero-order valence-corrected chi connectivity index (χ0v) is 19.5. The van der Waals surface area contributed by atoms with Crippen LogP contribution in [0, 0.1) is 6.92 Å². The third-order valence-electron chi connectivity index (χ3n) is 4.51. The number of para-hydroxylation sites is 2. The third kappa shape index (κ3) is 5.68. The van der Waals surface area contributed by atoms with Gasteiger partial charge in [-0.3, -0.25) is 14.3 Å². The van der Waals surface area contributed by atoms with E-state index in [2.05, 4.69) is 10.0 Å². The smallest absolute Gasteiger partial charge is 0.286 e. The summed E-state index contributed by atoms with van der Waals surface area (Å²) in [4.78, 5) is 26.8. The lowest BCUT2D eigenvalue weighted by atomic mass is 10.2. The number of rotatable bonds is 6. The first-order valence-electron chi connectivity index (χ1n) is 9.65. The first-order chi connectivity index (χ1) is 15.2. The molecule has 0 atom stereocenters. The van der Waals surface area contributed by atoms with Gasteiger partial charge in [0.2, 0.25) is 0 Å². The Morgan fingerprint density at radius 1 is 0.844 bits per heavy atom. The molecule has 0 radical (unpaired) electrons. The molecule has 3 aromatic carbocycles. The Balaban J connectivity index is 1.75. The number of carbonyl (C=O) groups excluding carboxylic acids is 2. The molecule has 0 bridgehead atoms. The lowest BCUT2D eigenvalue weighted by molar-refractivity contribution is 0.102. The maximum absolute atomic E-state index is 12.7. The van der Waals surface area contributed by atoms with Crippen LogP contribution in [0.3, 0.4) is 0 Å². The molecular formula is C23H23N3O4S2. The number of benzene rings is 3. The summed E-state index contributed by atoms with van der Waals surface area (Å²) in [5, 5.41) is 2.62. The van der Waals surface area contributed by atoms with E-state index < -0.39 is 15.9 Å². The highest BCUT2D eigenvalue weighted by atomic mass is 32.2. The Morgan fingerprint density at radius 3 is 2.06 bits per heavy atom. The summed E-state index contributed by atoms with van der Waals surface area (Å²) in [6.45, 7) is 1.81. The Kier molecular flexibility index (Phi) is 7.22. The number of carbonyl (C=O) groups is 2. The van der Waals surface area contributed by atoms with Gasteiger partial charge in [0.1, 0.15) is 0 Å². The van der Waals surface area contributed by atoms with Crippen LogP contribution in [-0.4, -0.2) is 38.6 Å². The highest BCUT2D eigenvalue weighted by Gasteiger charge is 2.17. The summed E-state index contributed by atoms with van der Waals surface area (Å²) in [5.41, 5.74) is 2.08. The van der Waals surface area contributed by atoms with E-state index in [-0.39, 0.29) is 10.1 Å². The summed E-state index contributed by atoms with van der Waals surface area (Å²) in [6, 6.07) is 19.7. The molecule has 0 fully saturated rings. The molecule has 0 saturated carbocycles. The molecule has 9 heteroatoms. The van der Waals surface area contributed by atoms with Crippen molar-refractivity contribution >= 4 is 44.3 Å². The second-order valence-corrected chi connectivity index (χ2v) is 9.83. The number of sulfonamides is 1. The van der Waals surface area contributed by atoms with Gasteiger partial charge in [0, 0.05) is 24.6 Å². The largest absolute Gasteiger partial charge is 0.339 e. The third-order valence-corrected chi connectivity index (χ3v) is 7.01. The van der Waals surface area contributed by atoms with Crippen molar-refractivity contribution in [2.75, 3.05) is 24.1 Å². The van der Waals surface area contributed by atoms with Crippen LogP contribution in [-0.2, 0) is 10.0 Å². The number of aryl methyl sites for hydroxylation is 1. The fourth-order valence-electron chi connectivity index (χ4n) is 2.72. The van der Waals surface area contributed by atoms with E-state index in [0.29, 0.717) is 21.8 Å². The molecule has 0 spiro atoms. The van der Waals surface area contributed by atoms with E-state index in [9.17, 15) is 18.0 Å². The fourth-order valence-corrected chi connectivity index (χ4v) is 4.59. The van der Waals surface area contributed by atoms with Gasteiger partial charge in [-0.2, -0.15) is 0 Å². The topological polar surface area (TPSA) is 95.6 Å². The van der Waals surface area contributed by atoms with Crippen molar-refractivity contribution < 1.29 is 18.0 Å². The van der Waals surface area contributed by atoms with Gasteiger partial charge < -0.3 is 10.2 Å². The first-order valence-corrected chi connectivity index (χ1v) is 12.0. The predicted molar refractivity (Wildman–Crippen MR) is 128 cm³/mol. The Morgan fingerprint density at radius 2 is 1.44 bits per heavy atom. The molecule has 7 nitrogen and oxygen atoms in total. The normalized spacial score (nSPS) is 11.0. The molecule has 0 aliphatic rings. The van der Waals surface area contributed by atoms with Gasteiger partial charge in [-0.15, -0.1) is 0 Å². The molecule has 0 aromatic heterocycles. The van der Waals surface area contributed by atoms with Crippen molar-refractivity contribution in [3.05, 3.63) is 83.9 Å². The monoisotopic (exact) mass is 469 g/mol. The second-order valence-electron chi connectivity index (χ2n) is 7.16. The minimum atomic E-state index is -3.79. The maximum atomic E-state index is 12.7. The number of hydrogen-bond acceptors (Lipinski definition) is 5. The quantitative estimate of drug-likeness (QED) is 0.505. The highest BCUT2D eigenvalue weighted by Crippen LogP contribution is 2.29. The average Bonchev–Trinajstić information content (AvgIpc) is 2.76. The average molecular weight is 470 g/mol. The lowest BCUT2D eigenvalue weighted by Crippen LogP contribution is -2.17. The molecule has 3 rings (SSSR count). The molecule has 2 N–H and O–H groups in total.